The Morgan fingerprint density at radius 2 is 1.75 bits per heavy atom. The van der Waals surface area contributed by atoms with E-state index in [2.05, 4.69) is 4.72 Å². The lowest BCUT2D eigenvalue weighted by Crippen LogP contribution is -2.23. The lowest BCUT2D eigenvalue weighted by molar-refractivity contribution is 0.409. The van der Waals surface area contributed by atoms with Crippen molar-refractivity contribution in [2.45, 2.75) is 11.4 Å². The third-order valence-electron chi connectivity index (χ3n) is 2.77. The van der Waals surface area contributed by atoms with Crippen LogP contribution in [0.5, 0.6) is 5.75 Å². The van der Waals surface area contributed by atoms with Gasteiger partial charge in [-0.05, 0) is 30.3 Å². The molecule has 4 nitrogen and oxygen atoms in total. The van der Waals surface area contributed by atoms with Gasteiger partial charge < -0.3 is 4.74 Å². The molecule has 20 heavy (non-hydrogen) atoms. The van der Waals surface area contributed by atoms with Crippen LogP contribution in [0.3, 0.4) is 0 Å². The number of halogens is 1. The Bertz CT molecular complexity index is 684. The number of benzene rings is 2. The molecule has 0 spiro atoms. The van der Waals surface area contributed by atoms with Gasteiger partial charge in [-0.3, -0.25) is 0 Å². The van der Waals surface area contributed by atoms with Crippen molar-refractivity contribution in [2.24, 2.45) is 0 Å². The molecule has 106 valence electrons. The van der Waals surface area contributed by atoms with E-state index in [0.717, 1.165) is 5.56 Å². The van der Waals surface area contributed by atoms with Crippen molar-refractivity contribution < 1.29 is 13.2 Å². The van der Waals surface area contributed by atoms with E-state index in [9.17, 15) is 8.42 Å². The standard InChI is InChI=1S/C14H14ClNO3S/c1-19-14-5-3-2-4-11(14)10-16-20(17,18)13-8-6-12(15)7-9-13/h2-9,16H,10H2,1H3. The van der Waals surface area contributed by atoms with Crippen LogP contribution in [-0.2, 0) is 16.6 Å². The van der Waals surface area contributed by atoms with Crippen LogP contribution in [0.15, 0.2) is 53.4 Å². The second-order valence-electron chi connectivity index (χ2n) is 4.09. The van der Waals surface area contributed by atoms with Crippen LogP contribution in [0, 0.1) is 0 Å². The van der Waals surface area contributed by atoms with E-state index in [4.69, 9.17) is 16.3 Å². The maximum atomic E-state index is 12.1. The van der Waals surface area contributed by atoms with Crippen molar-refractivity contribution in [2.75, 3.05) is 7.11 Å². The summed E-state index contributed by atoms with van der Waals surface area (Å²) in [6.07, 6.45) is 0. The highest BCUT2D eigenvalue weighted by Gasteiger charge is 2.14. The molecule has 0 radical (unpaired) electrons. The average molecular weight is 312 g/mol. The molecule has 0 bridgehead atoms. The van der Waals surface area contributed by atoms with Gasteiger partial charge in [0.2, 0.25) is 10.0 Å². The van der Waals surface area contributed by atoms with Crippen LogP contribution in [0.4, 0.5) is 0 Å². The van der Waals surface area contributed by atoms with Crippen molar-refractivity contribution in [3.05, 3.63) is 59.1 Å². The Morgan fingerprint density at radius 3 is 2.40 bits per heavy atom. The minimum absolute atomic E-state index is 0.162. The van der Waals surface area contributed by atoms with Gasteiger partial charge >= 0.3 is 0 Å². The van der Waals surface area contributed by atoms with Gasteiger partial charge in [0.05, 0.1) is 12.0 Å². The predicted molar refractivity (Wildman–Crippen MR) is 78.5 cm³/mol. The number of ether oxygens (including phenoxy) is 1. The molecule has 2 aromatic rings. The first kappa shape index (κ1) is 14.8. The Hall–Kier alpha value is -1.56. The zero-order chi connectivity index (χ0) is 14.6. The molecular formula is C14H14ClNO3S. The second-order valence-corrected chi connectivity index (χ2v) is 6.29. The molecule has 0 amide bonds. The molecule has 0 heterocycles. The summed E-state index contributed by atoms with van der Waals surface area (Å²) in [4.78, 5) is 0.178. The van der Waals surface area contributed by atoms with E-state index < -0.39 is 10.0 Å². The maximum absolute atomic E-state index is 12.1. The molecule has 0 saturated heterocycles. The minimum Gasteiger partial charge on any atom is -0.496 e. The van der Waals surface area contributed by atoms with Crippen LogP contribution in [0.25, 0.3) is 0 Å². The van der Waals surface area contributed by atoms with E-state index in [0.29, 0.717) is 10.8 Å². The number of hydrogen-bond acceptors (Lipinski definition) is 3. The molecule has 0 aliphatic rings. The Morgan fingerprint density at radius 1 is 1.10 bits per heavy atom. The van der Waals surface area contributed by atoms with E-state index in [-0.39, 0.29) is 11.4 Å². The normalized spacial score (nSPS) is 11.3. The van der Waals surface area contributed by atoms with E-state index in [1.165, 1.54) is 12.1 Å². The van der Waals surface area contributed by atoms with Gasteiger partial charge in [0.15, 0.2) is 0 Å². The summed E-state index contributed by atoms with van der Waals surface area (Å²) in [5, 5.41) is 0.494. The molecule has 6 heteroatoms. The zero-order valence-corrected chi connectivity index (χ0v) is 12.4. The van der Waals surface area contributed by atoms with E-state index in [1.807, 2.05) is 18.2 Å². The second kappa shape index (κ2) is 6.26. The number of rotatable bonds is 5. The van der Waals surface area contributed by atoms with E-state index in [1.54, 1.807) is 25.3 Å². The molecule has 1 N–H and O–H groups in total. The maximum Gasteiger partial charge on any atom is 0.240 e. The van der Waals surface area contributed by atoms with Crippen molar-refractivity contribution in [1.82, 2.24) is 4.72 Å². The fraction of sp³-hybridized carbons (Fsp3) is 0.143. The molecule has 0 saturated carbocycles. The van der Waals surface area contributed by atoms with Gasteiger partial charge in [0.1, 0.15) is 5.75 Å². The summed E-state index contributed by atoms with van der Waals surface area (Å²) in [7, 11) is -2.02. The van der Waals surface area contributed by atoms with Gasteiger partial charge in [-0.15, -0.1) is 0 Å². The fourth-order valence-corrected chi connectivity index (χ4v) is 2.85. The van der Waals surface area contributed by atoms with Crippen molar-refractivity contribution >= 4 is 21.6 Å². The van der Waals surface area contributed by atoms with Gasteiger partial charge in [-0.1, -0.05) is 29.8 Å². The Kier molecular flexibility index (Phi) is 4.65. The van der Waals surface area contributed by atoms with Crippen LogP contribution in [0.1, 0.15) is 5.56 Å². The molecular weight excluding hydrogens is 298 g/mol. The SMILES string of the molecule is COc1ccccc1CNS(=O)(=O)c1ccc(Cl)cc1. The molecule has 0 aromatic heterocycles. The molecule has 0 aliphatic carbocycles. The largest absolute Gasteiger partial charge is 0.496 e. The molecule has 0 unspecified atom stereocenters. The van der Waals surface area contributed by atoms with Crippen LogP contribution in [-0.4, -0.2) is 15.5 Å². The van der Waals surface area contributed by atoms with Gasteiger partial charge in [-0.25, -0.2) is 13.1 Å². The highest BCUT2D eigenvalue weighted by atomic mass is 35.5. The van der Waals surface area contributed by atoms with Crippen molar-refractivity contribution in [3.8, 4) is 5.75 Å². The lowest BCUT2D eigenvalue weighted by Gasteiger charge is -2.10. The monoisotopic (exact) mass is 311 g/mol. The summed E-state index contributed by atoms with van der Waals surface area (Å²) in [5.41, 5.74) is 0.771. The third-order valence-corrected chi connectivity index (χ3v) is 4.44. The smallest absolute Gasteiger partial charge is 0.240 e. The molecule has 0 fully saturated rings. The zero-order valence-electron chi connectivity index (χ0n) is 10.8. The summed E-state index contributed by atoms with van der Waals surface area (Å²) in [5.74, 6) is 0.645. The minimum atomic E-state index is -3.56. The van der Waals surface area contributed by atoms with E-state index >= 15 is 0 Å². The first-order valence-electron chi connectivity index (χ1n) is 5.90. The summed E-state index contributed by atoms with van der Waals surface area (Å²) in [6.45, 7) is 0.162. The summed E-state index contributed by atoms with van der Waals surface area (Å²) in [6, 6.07) is 13.3. The number of para-hydroxylation sites is 1. The molecule has 2 rings (SSSR count). The summed E-state index contributed by atoms with van der Waals surface area (Å²) < 4.78 is 32.0. The predicted octanol–water partition coefficient (Wildman–Crippen LogP) is 2.83. The third kappa shape index (κ3) is 3.50. The van der Waals surface area contributed by atoms with Gasteiger partial charge in [0, 0.05) is 17.1 Å². The fourth-order valence-electron chi connectivity index (χ4n) is 1.72. The lowest BCUT2D eigenvalue weighted by atomic mass is 10.2. The number of nitrogens with one attached hydrogen (secondary N) is 1. The van der Waals surface area contributed by atoms with Crippen molar-refractivity contribution in [1.29, 1.82) is 0 Å². The van der Waals surface area contributed by atoms with Crippen LogP contribution in [0.2, 0.25) is 5.02 Å². The topological polar surface area (TPSA) is 55.4 Å². The Labute approximate surface area is 123 Å². The number of sulfonamides is 1. The number of methoxy groups -OCH3 is 1. The first-order valence-corrected chi connectivity index (χ1v) is 7.76. The van der Waals surface area contributed by atoms with Crippen LogP contribution < -0.4 is 9.46 Å². The van der Waals surface area contributed by atoms with Crippen LogP contribution >= 0.6 is 11.6 Å². The van der Waals surface area contributed by atoms with Gasteiger partial charge in [0.25, 0.3) is 0 Å². The molecule has 2 aromatic carbocycles. The van der Waals surface area contributed by atoms with Gasteiger partial charge in [-0.2, -0.15) is 0 Å². The first-order chi connectivity index (χ1) is 9.53. The molecule has 0 aliphatic heterocycles. The quantitative estimate of drug-likeness (QED) is 0.924. The molecule has 0 atom stereocenters. The van der Waals surface area contributed by atoms with Crippen molar-refractivity contribution in [3.63, 3.8) is 0 Å². The summed E-state index contributed by atoms with van der Waals surface area (Å²) >= 11 is 5.74. The average Bonchev–Trinajstić information content (AvgIpc) is 2.46. The highest BCUT2D eigenvalue weighted by Crippen LogP contribution is 2.18. The Balaban J connectivity index is 2.15. The highest BCUT2D eigenvalue weighted by molar-refractivity contribution is 7.89. The number of hydrogen-bond donors (Lipinski definition) is 1.